The lowest BCUT2D eigenvalue weighted by Crippen LogP contribution is -2.70. The Labute approximate surface area is 323 Å². The van der Waals surface area contributed by atoms with Crippen molar-refractivity contribution in [2.45, 2.75) is 64.0 Å². The maximum Gasteiger partial charge on any atom is 0.407 e. The highest BCUT2D eigenvalue weighted by atomic mass is 35.5. The number of carbonyl (C=O) groups excluding carboxylic acids is 4. The number of halogens is 1. The second-order valence-corrected chi connectivity index (χ2v) is 16.3. The Morgan fingerprint density at radius 1 is 0.909 bits per heavy atom. The number of amides is 4. The van der Waals surface area contributed by atoms with Crippen LogP contribution in [0.2, 0.25) is 0 Å². The van der Waals surface area contributed by atoms with Gasteiger partial charge in [0.25, 0.3) is 5.91 Å². The van der Waals surface area contributed by atoms with Crippen molar-refractivity contribution in [3.8, 4) is 11.1 Å². The number of carboxylic acids is 1. The molecule has 2 bridgehead atoms. The standard InChI is InChI=1S/C43H43ClN4O7/c1-23(2)36(46-41(54)55-19-32-28-12-6-4-10-26(28)27-11-5-7-13-29(27)32)38(50)48(24(3)37(45)49)33-16-34-35(31-15-9-8-14-30(31)33)25(17-44)18-47(34)39(51)42-20-43(21-42,22-42)40(52)53/h4-16,23-25,32,36H,17-22H2,1-3H3,(H2,45,49)(H,46,54)(H,52,53)/t24-,25+,36-,42?,43?/m0/s1. The number of aliphatic carboxylic acids is 1. The van der Waals surface area contributed by atoms with Crippen molar-refractivity contribution in [2.24, 2.45) is 22.5 Å². The molecule has 0 aromatic heterocycles. The van der Waals surface area contributed by atoms with Gasteiger partial charge in [0.2, 0.25) is 11.8 Å². The molecular formula is C43H43ClN4O7. The Hall–Kier alpha value is -5.42. The third-order valence-corrected chi connectivity index (χ3v) is 12.7. The van der Waals surface area contributed by atoms with Crippen LogP contribution >= 0.6 is 11.6 Å². The Morgan fingerprint density at radius 3 is 2.05 bits per heavy atom. The van der Waals surface area contributed by atoms with Crippen LogP contribution in [0.25, 0.3) is 21.9 Å². The molecule has 4 N–H and O–H groups in total. The first-order valence-corrected chi connectivity index (χ1v) is 19.2. The van der Waals surface area contributed by atoms with E-state index >= 15 is 0 Å². The summed E-state index contributed by atoms with van der Waals surface area (Å²) in [5.41, 5.74) is 10.3. The number of primary amides is 1. The minimum atomic E-state index is -1.15. The SMILES string of the molecule is CC(C)[C@H](NC(=O)OCC1c2ccccc2-c2ccccc21)C(=O)N(c1cc2c(c3ccccc13)[C@H](CCl)CN2C(=O)C12CC(C(=O)O)(C1)C2)[C@@H](C)C(N)=O. The minimum Gasteiger partial charge on any atom is -0.481 e. The first kappa shape index (κ1) is 36.6. The molecule has 1 aliphatic heterocycles. The second kappa shape index (κ2) is 13.4. The van der Waals surface area contributed by atoms with E-state index in [-0.39, 0.29) is 49.5 Å². The normalized spacial score (nSPS) is 22.8. The van der Waals surface area contributed by atoms with Crippen molar-refractivity contribution in [3.63, 3.8) is 0 Å². The number of carbonyl (C=O) groups is 5. The van der Waals surface area contributed by atoms with Gasteiger partial charge in [-0.2, -0.15) is 0 Å². The molecule has 0 unspecified atom stereocenters. The number of carboxylic acid groups (broad SMARTS) is 1. The van der Waals surface area contributed by atoms with E-state index in [4.69, 9.17) is 22.1 Å². The number of nitrogens with two attached hydrogens (primary N) is 1. The largest absolute Gasteiger partial charge is 0.481 e. The van der Waals surface area contributed by atoms with E-state index in [9.17, 15) is 29.1 Å². The van der Waals surface area contributed by atoms with E-state index in [2.05, 4.69) is 5.32 Å². The number of alkyl carbamates (subject to hydrolysis) is 1. The molecular weight excluding hydrogens is 720 g/mol. The summed E-state index contributed by atoms with van der Waals surface area (Å²) >= 11 is 6.53. The number of benzene rings is 4. The van der Waals surface area contributed by atoms with Crippen LogP contribution in [-0.2, 0) is 23.9 Å². The molecule has 4 aromatic carbocycles. The number of rotatable bonds is 11. The van der Waals surface area contributed by atoms with Crippen molar-refractivity contribution in [2.75, 3.05) is 28.8 Å². The molecule has 3 fully saturated rings. The number of hydrogen-bond donors (Lipinski definition) is 3. The van der Waals surface area contributed by atoms with Gasteiger partial charge in [-0.15, -0.1) is 11.6 Å². The zero-order chi connectivity index (χ0) is 39.0. The lowest BCUT2D eigenvalue weighted by molar-refractivity contribution is -0.219. The van der Waals surface area contributed by atoms with Gasteiger partial charge in [-0.25, -0.2) is 4.79 Å². The molecule has 55 heavy (non-hydrogen) atoms. The van der Waals surface area contributed by atoms with Gasteiger partial charge in [0.05, 0.1) is 16.5 Å². The first-order chi connectivity index (χ1) is 26.3. The molecule has 9 rings (SSSR count). The van der Waals surface area contributed by atoms with Crippen molar-refractivity contribution < 1.29 is 33.8 Å². The minimum absolute atomic E-state index is 0.0520. The Bertz CT molecular complexity index is 2220. The van der Waals surface area contributed by atoms with Gasteiger partial charge >= 0.3 is 12.1 Å². The lowest BCUT2D eigenvalue weighted by Gasteiger charge is -2.67. The third kappa shape index (κ3) is 5.65. The lowest BCUT2D eigenvalue weighted by atomic mass is 9.34. The molecule has 1 heterocycles. The van der Waals surface area contributed by atoms with Crippen LogP contribution in [0.15, 0.2) is 78.9 Å². The number of hydrogen-bond acceptors (Lipinski definition) is 6. The van der Waals surface area contributed by atoms with Gasteiger partial charge < -0.3 is 25.8 Å². The van der Waals surface area contributed by atoms with E-state index in [1.54, 1.807) is 24.8 Å². The predicted molar refractivity (Wildman–Crippen MR) is 209 cm³/mol. The van der Waals surface area contributed by atoms with Crippen LogP contribution in [-0.4, -0.2) is 66.0 Å². The highest BCUT2D eigenvalue weighted by Gasteiger charge is 2.76. The number of fused-ring (bicyclic) bond motifs is 6. The smallest absolute Gasteiger partial charge is 0.407 e. The summed E-state index contributed by atoms with van der Waals surface area (Å²) in [6.45, 7) is 5.46. The van der Waals surface area contributed by atoms with E-state index in [0.717, 1.165) is 33.2 Å². The quantitative estimate of drug-likeness (QED) is 0.147. The van der Waals surface area contributed by atoms with E-state index in [1.165, 1.54) is 11.8 Å². The van der Waals surface area contributed by atoms with Crippen molar-refractivity contribution in [3.05, 3.63) is 95.6 Å². The van der Waals surface area contributed by atoms with Crippen LogP contribution in [0.3, 0.4) is 0 Å². The average molecular weight is 763 g/mol. The molecule has 0 spiro atoms. The first-order valence-electron chi connectivity index (χ1n) is 18.7. The molecule has 4 amide bonds. The number of nitrogens with zero attached hydrogens (tertiary/aromatic N) is 2. The third-order valence-electron chi connectivity index (χ3n) is 12.4. The van der Waals surface area contributed by atoms with Crippen molar-refractivity contribution in [1.29, 1.82) is 0 Å². The highest BCUT2D eigenvalue weighted by molar-refractivity contribution is 6.20. The Balaban J connectivity index is 1.11. The van der Waals surface area contributed by atoms with Gasteiger partial charge in [0.1, 0.15) is 18.7 Å². The summed E-state index contributed by atoms with van der Waals surface area (Å²) in [6, 6.07) is 22.9. The molecule has 12 heteroatoms. The molecule has 4 aromatic rings. The summed E-state index contributed by atoms with van der Waals surface area (Å²) in [4.78, 5) is 70.5. The predicted octanol–water partition coefficient (Wildman–Crippen LogP) is 6.53. The second-order valence-electron chi connectivity index (χ2n) is 16.0. The number of nitrogens with one attached hydrogen (secondary N) is 1. The fourth-order valence-electron chi connectivity index (χ4n) is 9.55. The molecule has 5 aliphatic rings. The monoisotopic (exact) mass is 762 g/mol. The molecule has 3 saturated carbocycles. The zero-order valence-corrected chi connectivity index (χ0v) is 31.6. The molecule has 4 aliphatic carbocycles. The summed E-state index contributed by atoms with van der Waals surface area (Å²) < 4.78 is 5.83. The Kier molecular flexibility index (Phi) is 8.91. The van der Waals surface area contributed by atoms with Crippen LogP contribution in [0.1, 0.15) is 68.6 Å². The average Bonchev–Trinajstić information content (AvgIpc) is 3.67. The van der Waals surface area contributed by atoms with E-state index < -0.39 is 52.7 Å². The Morgan fingerprint density at radius 2 is 1.49 bits per heavy atom. The molecule has 284 valence electrons. The van der Waals surface area contributed by atoms with Crippen molar-refractivity contribution >= 4 is 63.5 Å². The van der Waals surface area contributed by atoms with Crippen LogP contribution < -0.4 is 20.9 Å². The van der Waals surface area contributed by atoms with Crippen LogP contribution in [0, 0.1) is 16.7 Å². The van der Waals surface area contributed by atoms with Gasteiger partial charge in [-0.3, -0.25) is 24.1 Å². The zero-order valence-electron chi connectivity index (χ0n) is 30.9. The van der Waals surface area contributed by atoms with Crippen LogP contribution in [0.4, 0.5) is 16.2 Å². The summed E-state index contributed by atoms with van der Waals surface area (Å²) in [5, 5.41) is 13.9. The topological polar surface area (TPSA) is 159 Å². The van der Waals surface area contributed by atoms with E-state index in [0.29, 0.717) is 23.3 Å². The highest BCUT2D eigenvalue weighted by Crippen LogP contribution is 2.74. The summed E-state index contributed by atoms with van der Waals surface area (Å²) in [6.07, 6.45) is 0.0750. The van der Waals surface area contributed by atoms with Gasteiger partial charge in [-0.1, -0.05) is 86.6 Å². The molecule has 0 radical (unpaired) electrons. The maximum atomic E-state index is 14.8. The fraction of sp³-hybridized carbons (Fsp3) is 0.372. The molecule has 0 saturated heterocycles. The fourth-order valence-corrected chi connectivity index (χ4v) is 9.80. The van der Waals surface area contributed by atoms with Gasteiger partial charge in [0.15, 0.2) is 0 Å². The van der Waals surface area contributed by atoms with Crippen molar-refractivity contribution in [1.82, 2.24) is 5.32 Å². The summed E-state index contributed by atoms with van der Waals surface area (Å²) in [7, 11) is 0. The number of alkyl halides is 1. The number of anilines is 2. The van der Waals surface area contributed by atoms with E-state index in [1.807, 2.05) is 72.8 Å². The summed E-state index contributed by atoms with van der Waals surface area (Å²) in [5.74, 6) is -2.99. The van der Waals surface area contributed by atoms with Gasteiger partial charge in [0, 0.05) is 35.3 Å². The van der Waals surface area contributed by atoms with Gasteiger partial charge in [-0.05, 0) is 71.4 Å². The molecule has 11 nitrogen and oxygen atoms in total. The maximum absolute atomic E-state index is 14.8. The molecule has 3 atom stereocenters. The van der Waals surface area contributed by atoms with Crippen LogP contribution in [0.5, 0.6) is 0 Å². The number of ether oxygens (including phenoxy) is 1.